The predicted molar refractivity (Wildman–Crippen MR) is 71.8 cm³/mol. The molecule has 1 aliphatic carbocycles. The maximum absolute atomic E-state index is 11.3. The Hall–Kier alpha value is -1.09. The summed E-state index contributed by atoms with van der Waals surface area (Å²) in [6.45, 7) is 7.76. The Kier molecular flexibility index (Phi) is 5.98. The summed E-state index contributed by atoms with van der Waals surface area (Å²) in [5.41, 5.74) is 1.29. The topological polar surface area (TPSA) is 41.1 Å². The van der Waals surface area contributed by atoms with Crippen LogP contribution in [0.5, 0.6) is 0 Å². The Balaban J connectivity index is 2.58. The second-order valence-corrected chi connectivity index (χ2v) is 4.55. The standard InChI is InChI=1S/C14H24N2O/c1-4-14(17)16-10-13(15-5-2)12-8-6-7-11(3)9-12/h6,8-9,11,13,15H,4-5,7,10H2,1-3H3,(H,16,17)/t11?,13-/m1/s1. The zero-order valence-electron chi connectivity index (χ0n) is 11.1. The second kappa shape index (κ2) is 7.28. The summed E-state index contributed by atoms with van der Waals surface area (Å²) in [6.07, 6.45) is 8.34. The molecule has 2 N–H and O–H groups in total. The van der Waals surface area contributed by atoms with E-state index in [9.17, 15) is 4.79 Å². The Labute approximate surface area is 104 Å². The number of hydrogen-bond acceptors (Lipinski definition) is 2. The summed E-state index contributed by atoms with van der Waals surface area (Å²) < 4.78 is 0. The van der Waals surface area contributed by atoms with Gasteiger partial charge in [0.2, 0.25) is 5.91 Å². The number of amides is 1. The molecule has 0 saturated carbocycles. The fourth-order valence-electron chi connectivity index (χ4n) is 2.00. The van der Waals surface area contributed by atoms with E-state index in [0.29, 0.717) is 18.9 Å². The van der Waals surface area contributed by atoms with E-state index in [1.807, 2.05) is 6.92 Å². The fourth-order valence-corrected chi connectivity index (χ4v) is 2.00. The van der Waals surface area contributed by atoms with Gasteiger partial charge in [-0.15, -0.1) is 0 Å². The maximum Gasteiger partial charge on any atom is 0.219 e. The van der Waals surface area contributed by atoms with Gasteiger partial charge in [-0.1, -0.05) is 39.0 Å². The lowest BCUT2D eigenvalue weighted by atomic mass is 9.93. The SMILES string of the molecule is CCN[C@H](CNC(=O)CC)C1=CC(C)CC=C1. The number of hydrogen-bond donors (Lipinski definition) is 2. The quantitative estimate of drug-likeness (QED) is 0.740. The molecule has 0 aliphatic heterocycles. The monoisotopic (exact) mass is 236 g/mol. The Bertz CT molecular complexity index is 307. The van der Waals surface area contributed by atoms with Crippen LogP contribution in [0.3, 0.4) is 0 Å². The van der Waals surface area contributed by atoms with Gasteiger partial charge in [0, 0.05) is 19.0 Å². The van der Waals surface area contributed by atoms with E-state index in [2.05, 4.69) is 42.7 Å². The summed E-state index contributed by atoms with van der Waals surface area (Å²) in [7, 11) is 0. The lowest BCUT2D eigenvalue weighted by molar-refractivity contribution is -0.120. The second-order valence-electron chi connectivity index (χ2n) is 4.55. The van der Waals surface area contributed by atoms with Gasteiger partial charge in [0.1, 0.15) is 0 Å². The molecule has 0 heterocycles. The number of carbonyl (C=O) groups is 1. The molecule has 0 aromatic heterocycles. The third kappa shape index (κ3) is 4.73. The fraction of sp³-hybridized carbons (Fsp3) is 0.643. The van der Waals surface area contributed by atoms with Crippen molar-refractivity contribution in [2.75, 3.05) is 13.1 Å². The molecular formula is C14H24N2O. The molecule has 1 aliphatic rings. The van der Waals surface area contributed by atoms with Gasteiger partial charge in [0.15, 0.2) is 0 Å². The summed E-state index contributed by atoms with van der Waals surface area (Å²) in [4.78, 5) is 11.3. The summed E-state index contributed by atoms with van der Waals surface area (Å²) in [6, 6.07) is 0.231. The van der Waals surface area contributed by atoms with Crippen molar-refractivity contribution >= 4 is 5.91 Å². The van der Waals surface area contributed by atoms with Gasteiger partial charge in [0.05, 0.1) is 0 Å². The van der Waals surface area contributed by atoms with Crippen LogP contribution in [0, 0.1) is 5.92 Å². The summed E-state index contributed by atoms with van der Waals surface area (Å²) in [5, 5.41) is 6.37. The third-order valence-electron chi connectivity index (χ3n) is 2.97. The molecule has 0 bridgehead atoms. The van der Waals surface area contributed by atoms with Gasteiger partial charge in [-0.3, -0.25) is 4.79 Å². The van der Waals surface area contributed by atoms with Crippen molar-refractivity contribution in [1.82, 2.24) is 10.6 Å². The van der Waals surface area contributed by atoms with Gasteiger partial charge < -0.3 is 10.6 Å². The maximum atomic E-state index is 11.3. The van der Waals surface area contributed by atoms with E-state index < -0.39 is 0 Å². The zero-order chi connectivity index (χ0) is 12.7. The molecule has 1 unspecified atom stereocenters. The van der Waals surface area contributed by atoms with Crippen LogP contribution in [0.25, 0.3) is 0 Å². The molecule has 2 atom stereocenters. The number of nitrogens with one attached hydrogen (secondary N) is 2. The highest BCUT2D eigenvalue weighted by Gasteiger charge is 2.15. The molecule has 0 saturated heterocycles. The molecule has 96 valence electrons. The van der Waals surface area contributed by atoms with Crippen molar-refractivity contribution < 1.29 is 4.79 Å². The Morgan fingerprint density at radius 2 is 2.29 bits per heavy atom. The Morgan fingerprint density at radius 3 is 2.88 bits per heavy atom. The first kappa shape index (κ1) is 14.0. The molecule has 0 fully saturated rings. The van der Waals surface area contributed by atoms with Crippen LogP contribution < -0.4 is 10.6 Å². The lowest BCUT2D eigenvalue weighted by Crippen LogP contribution is -2.42. The molecule has 0 aromatic carbocycles. The highest BCUT2D eigenvalue weighted by atomic mass is 16.1. The van der Waals surface area contributed by atoms with Crippen molar-refractivity contribution in [2.24, 2.45) is 5.92 Å². The number of allylic oxidation sites excluding steroid dienone is 2. The predicted octanol–water partition coefficient (Wildman–Crippen LogP) is 2.01. The van der Waals surface area contributed by atoms with Crippen molar-refractivity contribution in [1.29, 1.82) is 0 Å². The molecule has 0 spiro atoms. The molecule has 0 radical (unpaired) electrons. The number of likely N-dealkylation sites (N-methyl/N-ethyl adjacent to an activating group) is 1. The average molecular weight is 236 g/mol. The van der Waals surface area contributed by atoms with Gasteiger partial charge in [-0.25, -0.2) is 0 Å². The molecule has 1 rings (SSSR count). The first-order valence-electron chi connectivity index (χ1n) is 6.55. The van der Waals surface area contributed by atoms with E-state index in [0.717, 1.165) is 13.0 Å². The van der Waals surface area contributed by atoms with Crippen LogP contribution in [0.4, 0.5) is 0 Å². The van der Waals surface area contributed by atoms with Crippen LogP contribution in [-0.4, -0.2) is 25.0 Å². The van der Waals surface area contributed by atoms with Gasteiger partial charge in [-0.05, 0) is 24.5 Å². The third-order valence-corrected chi connectivity index (χ3v) is 2.97. The molecule has 0 aromatic rings. The smallest absolute Gasteiger partial charge is 0.219 e. The van der Waals surface area contributed by atoms with E-state index in [1.54, 1.807) is 0 Å². The molecule has 17 heavy (non-hydrogen) atoms. The van der Waals surface area contributed by atoms with Crippen LogP contribution in [-0.2, 0) is 4.79 Å². The van der Waals surface area contributed by atoms with E-state index in [1.165, 1.54) is 5.57 Å². The first-order valence-corrected chi connectivity index (χ1v) is 6.55. The number of carbonyl (C=O) groups excluding carboxylic acids is 1. The first-order chi connectivity index (χ1) is 8.17. The molecular weight excluding hydrogens is 212 g/mol. The number of rotatable bonds is 6. The van der Waals surface area contributed by atoms with Gasteiger partial charge in [0.25, 0.3) is 0 Å². The summed E-state index contributed by atoms with van der Waals surface area (Å²) in [5.74, 6) is 0.708. The summed E-state index contributed by atoms with van der Waals surface area (Å²) >= 11 is 0. The molecule has 1 amide bonds. The zero-order valence-corrected chi connectivity index (χ0v) is 11.1. The van der Waals surface area contributed by atoms with Crippen LogP contribution in [0.1, 0.15) is 33.6 Å². The minimum atomic E-state index is 0.112. The van der Waals surface area contributed by atoms with E-state index in [-0.39, 0.29) is 11.9 Å². The largest absolute Gasteiger partial charge is 0.354 e. The van der Waals surface area contributed by atoms with Crippen molar-refractivity contribution in [2.45, 2.75) is 39.7 Å². The van der Waals surface area contributed by atoms with Crippen molar-refractivity contribution in [3.8, 4) is 0 Å². The average Bonchev–Trinajstić information content (AvgIpc) is 2.34. The van der Waals surface area contributed by atoms with Crippen molar-refractivity contribution in [3.05, 3.63) is 23.8 Å². The minimum absolute atomic E-state index is 0.112. The van der Waals surface area contributed by atoms with Crippen molar-refractivity contribution in [3.63, 3.8) is 0 Å². The van der Waals surface area contributed by atoms with Crippen LogP contribution >= 0.6 is 0 Å². The lowest BCUT2D eigenvalue weighted by Gasteiger charge is -2.23. The van der Waals surface area contributed by atoms with Gasteiger partial charge in [-0.2, -0.15) is 0 Å². The van der Waals surface area contributed by atoms with E-state index in [4.69, 9.17) is 0 Å². The van der Waals surface area contributed by atoms with E-state index >= 15 is 0 Å². The Morgan fingerprint density at radius 1 is 1.53 bits per heavy atom. The minimum Gasteiger partial charge on any atom is -0.354 e. The highest BCUT2D eigenvalue weighted by Crippen LogP contribution is 2.18. The van der Waals surface area contributed by atoms with Gasteiger partial charge >= 0.3 is 0 Å². The molecule has 3 nitrogen and oxygen atoms in total. The normalized spacial score (nSPS) is 20.9. The molecule has 3 heteroatoms. The highest BCUT2D eigenvalue weighted by molar-refractivity contribution is 5.75. The van der Waals surface area contributed by atoms with Crippen LogP contribution in [0.2, 0.25) is 0 Å². The van der Waals surface area contributed by atoms with Crippen LogP contribution in [0.15, 0.2) is 23.8 Å².